The number of aliphatic hydroxyl groups excluding tert-OH is 1. The minimum atomic E-state index is -0.305. The van der Waals surface area contributed by atoms with Gasteiger partial charge in [0, 0.05) is 6.54 Å². The Kier molecular flexibility index (Phi) is 4.06. The maximum Gasteiger partial charge on any atom is 0.0684 e. The molecule has 0 aliphatic heterocycles. The monoisotopic (exact) mass is 177 g/mol. The van der Waals surface area contributed by atoms with Crippen molar-refractivity contribution < 1.29 is 5.11 Å². The van der Waals surface area contributed by atoms with Crippen LogP contribution in [0.1, 0.15) is 12.5 Å². The van der Waals surface area contributed by atoms with Crippen molar-refractivity contribution in [2.45, 2.75) is 13.0 Å². The van der Waals surface area contributed by atoms with Crippen LogP contribution in [-0.2, 0) is 0 Å². The molecule has 1 atom stereocenters. The average molecular weight is 177 g/mol. The third kappa shape index (κ3) is 4.33. The predicted octanol–water partition coefficient (Wildman–Crippen LogP) is 1.63. The molecule has 13 heavy (non-hydrogen) atoms. The molecule has 2 N–H and O–H groups in total. The van der Waals surface area contributed by atoms with Crippen molar-refractivity contribution >= 4 is 6.08 Å². The Morgan fingerprint density at radius 1 is 1.38 bits per heavy atom. The van der Waals surface area contributed by atoms with Crippen LogP contribution in [-0.4, -0.2) is 17.8 Å². The SMILES string of the molecule is CC(O)CNC=Cc1ccccc1. The summed E-state index contributed by atoms with van der Waals surface area (Å²) >= 11 is 0. The highest BCUT2D eigenvalue weighted by molar-refractivity contribution is 5.48. The molecule has 70 valence electrons. The van der Waals surface area contributed by atoms with E-state index >= 15 is 0 Å². The molecule has 0 bridgehead atoms. The highest BCUT2D eigenvalue weighted by Crippen LogP contribution is 1.99. The fourth-order valence-electron chi connectivity index (χ4n) is 0.958. The van der Waals surface area contributed by atoms with Crippen molar-refractivity contribution in [1.29, 1.82) is 0 Å². The maximum absolute atomic E-state index is 8.95. The van der Waals surface area contributed by atoms with E-state index in [1.807, 2.05) is 42.6 Å². The highest BCUT2D eigenvalue weighted by atomic mass is 16.3. The molecule has 1 rings (SSSR count). The largest absolute Gasteiger partial charge is 0.392 e. The van der Waals surface area contributed by atoms with Crippen LogP contribution in [0.25, 0.3) is 6.08 Å². The smallest absolute Gasteiger partial charge is 0.0684 e. The predicted molar refractivity (Wildman–Crippen MR) is 55.2 cm³/mol. The van der Waals surface area contributed by atoms with E-state index in [9.17, 15) is 0 Å². The van der Waals surface area contributed by atoms with E-state index in [1.165, 1.54) is 0 Å². The minimum Gasteiger partial charge on any atom is -0.392 e. The Labute approximate surface area is 78.9 Å². The van der Waals surface area contributed by atoms with Crippen LogP contribution in [0.3, 0.4) is 0 Å². The van der Waals surface area contributed by atoms with Crippen LogP contribution in [0, 0.1) is 0 Å². The van der Waals surface area contributed by atoms with Gasteiger partial charge in [0.2, 0.25) is 0 Å². The van der Waals surface area contributed by atoms with E-state index in [-0.39, 0.29) is 6.10 Å². The van der Waals surface area contributed by atoms with Crippen molar-refractivity contribution in [3.8, 4) is 0 Å². The van der Waals surface area contributed by atoms with E-state index in [2.05, 4.69) is 5.32 Å². The van der Waals surface area contributed by atoms with Gasteiger partial charge in [0.25, 0.3) is 0 Å². The van der Waals surface area contributed by atoms with Crippen molar-refractivity contribution in [2.24, 2.45) is 0 Å². The van der Waals surface area contributed by atoms with Gasteiger partial charge in [-0.25, -0.2) is 0 Å². The van der Waals surface area contributed by atoms with Gasteiger partial charge >= 0.3 is 0 Å². The van der Waals surface area contributed by atoms with Crippen LogP contribution in [0.15, 0.2) is 36.5 Å². The van der Waals surface area contributed by atoms with Gasteiger partial charge in [-0.3, -0.25) is 0 Å². The Balaban J connectivity index is 2.33. The Morgan fingerprint density at radius 3 is 2.69 bits per heavy atom. The summed E-state index contributed by atoms with van der Waals surface area (Å²) in [6.07, 6.45) is 3.52. The maximum atomic E-state index is 8.95. The summed E-state index contributed by atoms with van der Waals surface area (Å²) in [5, 5.41) is 12.0. The molecule has 0 amide bonds. The molecule has 0 aromatic heterocycles. The van der Waals surface area contributed by atoms with Crippen LogP contribution in [0.5, 0.6) is 0 Å². The van der Waals surface area contributed by atoms with Crippen molar-refractivity contribution in [3.63, 3.8) is 0 Å². The zero-order valence-electron chi connectivity index (χ0n) is 7.77. The van der Waals surface area contributed by atoms with E-state index in [0.717, 1.165) is 5.56 Å². The molecular weight excluding hydrogens is 162 g/mol. The molecule has 0 saturated heterocycles. The van der Waals surface area contributed by atoms with Gasteiger partial charge in [-0.05, 0) is 24.8 Å². The quantitative estimate of drug-likeness (QED) is 0.732. The standard InChI is InChI=1S/C11H15NO/c1-10(13)9-12-8-7-11-5-3-2-4-6-11/h2-8,10,12-13H,9H2,1H3. The third-order valence-electron chi connectivity index (χ3n) is 1.61. The fraction of sp³-hybridized carbons (Fsp3) is 0.273. The lowest BCUT2D eigenvalue weighted by atomic mass is 10.2. The van der Waals surface area contributed by atoms with Gasteiger partial charge in [0.05, 0.1) is 6.10 Å². The number of nitrogens with one attached hydrogen (secondary N) is 1. The van der Waals surface area contributed by atoms with Gasteiger partial charge in [0.15, 0.2) is 0 Å². The summed E-state index contributed by atoms with van der Waals surface area (Å²) in [6, 6.07) is 10.0. The first kappa shape index (κ1) is 9.81. The number of rotatable bonds is 4. The number of benzene rings is 1. The Hall–Kier alpha value is -1.28. The summed E-state index contributed by atoms with van der Waals surface area (Å²) in [5.74, 6) is 0. The van der Waals surface area contributed by atoms with Crippen LogP contribution < -0.4 is 5.32 Å². The second kappa shape index (κ2) is 5.38. The molecule has 1 aromatic rings. The molecule has 0 spiro atoms. The Bertz CT molecular complexity index is 254. The first-order valence-electron chi connectivity index (χ1n) is 4.42. The van der Waals surface area contributed by atoms with Crippen molar-refractivity contribution in [1.82, 2.24) is 5.32 Å². The first-order chi connectivity index (χ1) is 6.29. The number of hydrogen-bond donors (Lipinski definition) is 2. The summed E-state index contributed by atoms with van der Waals surface area (Å²) in [4.78, 5) is 0. The van der Waals surface area contributed by atoms with Gasteiger partial charge in [-0.15, -0.1) is 0 Å². The fourth-order valence-corrected chi connectivity index (χ4v) is 0.958. The van der Waals surface area contributed by atoms with Crippen LogP contribution in [0.2, 0.25) is 0 Å². The zero-order chi connectivity index (χ0) is 9.52. The molecule has 2 heteroatoms. The molecule has 1 aromatic carbocycles. The van der Waals surface area contributed by atoms with Crippen molar-refractivity contribution in [2.75, 3.05) is 6.54 Å². The lowest BCUT2D eigenvalue weighted by molar-refractivity contribution is 0.196. The average Bonchev–Trinajstić information content (AvgIpc) is 2.14. The van der Waals surface area contributed by atoms with Crippen LogP contribution >= 0.6 is 0 Å². The van der Waals surface area contributed by atoms with Crippen molar-refractivity contribution in [3.05, 3.63) is 42.1 Å². The molecule has 0 fully saturated rings. The molecule has 0 aliphatic carbocycles. The topological polar surface area (TPSA) is 32.3 Å². The molecule has 0 radical (unpaired) electrons. The summed E-state index contributed by atoms with van der Waals surface area (Å²) in [6.45, 7) is 2.34. The van der Waals surface area contributed by atoms with Crippen LogP contribution in [0.4, 0.5) is 0 Å². The summed E-state index contributed by atoms with van der Waals surface area (Å²) in [5.41, 5.74) is 1.15. The molecule has 0 aliphatic rings. The summed E-state index contributed by atoms with van der Waals surface area (Å²) in [7, 11) is 0. The van der Waals surface area contributed by atoms with E-state index in [1.54, 1.807) is 6.92 Å². The second-order valence-corrected chi connectivity index (χ2v) is 3.00. The van der Waals surface area contributed by atoms with E-state index in [4.69, 9.17) is 5.11 Å². The van der Waals surface area contributed by atoms with Gasteiger partial charge in [0.1, 0.15) is 0 Å². The lowest BCUT2D eigenvalue weighted by Crippen LogP contribution is -2.19. The number of aliphatic hydroxyl groups is 1. The van der Waals surface area contributed by atoms with E-state index in [0.29, 0.717) is 6.54 Å². The third-order valence-corrected chi connectivity index (χ3v) is 1.61. The molecule has 0 heterocycles. The van der Waals surface area contributed by atoms with Gasteiger partial charge in [-0.2, -0.15) is 0 Å². The van der Waals surface area contributed by atoms with Gasteiger partial charge < -0.3 is 10.4 Å². The van der Waals surface area contributed by atoms with Gasteiger partial charge in [-0.1, -0.05) is 30.3 Å². The lowest BCUT2D eigenvalue weighted by Gasteiger charge is -2.02. The normalized spacial score (nSPS) is 13.1. The first-order valence-corrected chi connectivity index (χ1v) is 4.42. The Morgan fingerprint density at radius 2 is 2.08 bits per heavy atom. The van der Waals surface area contributed by atoms with E-state index < -0.39 is 0 Å². The second-order valence-electron chi connectivity index (χ2n) is 3.00. The molecule has 2 nitrogen and oxygen atoms in total. The highest BCUT2D eigenvalue weighted by Gasteiger charge is 1.89. The number of hydrogen-bond acceptors (Lipinski definition) is 2. The zero-order valence-corrected chi connectivity index (χ0v) is 7.77. The summed E-state index contributed by atoms with van der Waals surface area (Å²) < 4.78 is 0. The molecule has 1 unspecified atom stereocenters. The minimum absolute atomic E-state index is 0.305. The molecule has 0 saturated carbocycles. The molecular formula is C11H15NO.